The number of aryl methyl sites for hydroxylation is 1. The summed E-state index contributed by atoms with van der Waals surface area (Å²) in [6.45, 7) is 6.67. The molecule has 2 aromatic rings. The van der Waals surface area contributed by atoms with Crippen LogP contribution in [0.4, 0.5) is 0 Å². The Bertz CT molecular complexity index is 1190. The molecule has 0 amide bonds. The van der Waals surface area contributed by atoms with Crippen LogP contribution in [0.25, 0.3) is 0 Å². The zero-order chi connectivity index (χ0) is 28.7. The van der Waals surface area contributed by atoms with Crippen LogP contribution in [0.1, 0.15) is 63.0 Å². The largest absolute Gasteiger partial charge is 0.463 e. The van der Waals surface area contributed by atoms with E-state index in [0.29, 0.717) is 12.0 Å². The molecule has 0 saturated carbocycles. The zero-order valence-electron chi connectivity index (χ0n) is 22.6. The third-order valence-corrected chi connectivity index (χ3v) is 6.99. The molecule has 0 aromatic heterocycles. The van der Waals surface area contributed by atoms with E-state index >= 15 is 0 Å². The summed E-state index contributed by atoms with van der Waals surface area (Å²) in [6, 6.07) is 13.9. The SMILES string of the molecule is CCc1ccc(Cc2cc([C@@H]3O[C@H](COC(C)=O)[C@@H](OC(C)=O)[C@H](OC(C)=O)[C@H]3OC(C)=O)ccc2Br)cc1. The maximum atomic E-state index is 12.2. The van der Waals surface area contributed by atoms with Crippen molar-refractivity contribution in [1.29, 1.82) is 0 Å². The number of benzene rings is 2. The summed E-state index contributed by atoms with van der Waals surface area (Å²) < 4.78 is 29.0. The first-order chi connectivity index (χ1) is 18.5. The van der Waals surface area contributed by atoms with Gasteiger partial charge in [-0.25, -0.2) is 0 Å². The molecule has 0 unspecified atom stereocenters. The molecular weight excluding hydrogens is 572 g/mol. The minimum absolute atomic E-state index is 0.276. The van der Waals surface area contributed by atoms with Gasteiger partial charge in [0.15, 0.2) is 18.3 Å². The molecule has 0 N–H and O–H groups in total. The Hall–Kier alpha value is -3.24. The summed E-state index contributed by atoms with van der Waals surface area (Å²) in [5.41, 5.74) is 3.93. The van der Waals surface area contributed by atoms with Crippen molar-refractivity contribution >= 4 is 39.8 Å². The second kappa shape index (κ2) is 13.7. The second-order valence-electron chi connectivity index (χ2n) is 9.32. The predicted molar refractivity (Wildman–Crippen MR) is 144 cm³/mol. The van der Waals surface area contributed by atoms with Gasteiger partial charge in [-0.15, -0.1) is 0 Å². The first kappa shape index (κ1) is 30.3. The molecule has 1 saturated heterocycles. The molecule has 210 valence electrons. The van der Waals surface area contributed by atoms with E-state index < -0.39 is 54.4 Å². The molecule has 0 aliphatic carbocycles. The summed E-state index contributed by atoms with van der Waals surface area (Å²) in [6.07, 6.45) is -3.94. The summed E-state index contributed by atoms with van der Waals surface area (Å²) >= 11 is 3.62. The Kier molecular flexibility index (Phi) is 10.7. The Labute approximate surface area is 236 Å². The van der Waals surface area contributed by atoms with Crippen molar-refractivity contribution in [2.45, 2.75) is 78.0 Å². The minimum Gasteiger partial charge on any atom is -0.463 e. The summed E-state index contributed by atoms with van der Waals surface area (Å²) in [5.74, 6) is -2.55. The maximum absolute atomic E-state index is 12.2. The van der Waals surface area contributed by atoms with Gasteiger partial charge in [-0.2, -0.15) is 0 Å². The van der Waals surface area contributed by atoms with Crippen molar-refractivity contribution in [3.8, 4) is 0 Å². The van der Waals surface area contributed by atoms with E-state index in [0.717, 1.165) is 22.0 Å². The lowest BCUT2D eigenvalue weighted by atomic mass is 9.89. The van der Waals surface area contributed by atoms with Crippen molar-refractivity contribution in [3.63, 3.8) is 0 Å². The Morgan fingerprint density at radius 3 is 1.90 bits per heavy atom. The average molecular weight is 605 g/mol. The lowest BCUT2D eigenvalue weighted by molar-refractivity contribution is -0.254. The molecule has 0 bridgehead atoms. The fraction of sp³-hybridized carbons (Fsp3) is 0.448. The highest BCUT2D eigenvalue weighted by Crippen LogP contribution is 2.39. The third-order valence-electron chi connectivity index (χ3n) is 6.21. The third kappa shape index (κ3) is 8.37. The van der Waals surface area contributed by atoms with E-state index in [1.54, 1.807) is 6.07 Å². The highest BCUT2D eigenvalue weighted by molar-refractivity contribution is 9.10. The Balaban J connectivity index is 2.05. The first-order valence-electron chi connectivity index (χ1n) is 12.6. The van der Waals surface area contributed by atoms with Gasteiger partial charge in [-0.1, -0.05) is 59.3 Å². The van der Waals surface area contributed by atoms with Crippen LogP contribution in [0.3, 0.4) is 0 Å². The van der Waals surface area contributed by atoms with Crippen molar-refractivity contribution in [1.82, 2.24) is 0 Å². The zero-order valence-corrected chi connectivity index (χ0v) is 24.2. The second-order valence-corrected chi connectivity index (χ2v) is 10.2. The molecule has 5 atom stereocenters. The van der Waals surface area contributed by atoms with E-state index in [-0.39, 0.29) is 6.61 Å². The molecule has 9 nitrogen and oxygen atoms in total. The number of halogens is 1. The monoisotopic (exact) mass is 604 g/mol. The quantitative estimate of drug-likeness (QED) is 0.303. The van der Waals surface area contributed by atoms with Crippen molar-refractivity contribution < 1.29 is 42.9 Å². The van der Waals surface area contributed by atoms with E-state index in [1.807, 2.05) is 12.1 Å². The van der Waals surface area contributed by atoms with Gasteiger partial charge in [-0.3, -0.25) is 19.2 Å². The lowest BCUT2D eigenvalue weighted by Crippen LogP contribution is -2.59. The van der Waals surface area contributed by atoms with Crippen LogP contribution in [0, 0.1) is 0 Å². The van der Waals surface area contributed by atoms with Crippen LogP contribution in [-0.2, 0) is 55.7 Å². The van der Waals surface area contributed by atoms with Crippen LogP contribution < -0.4 is 0 Å². The highest BCUT2D eigenvalue weighted by Gasteiger charge is 2.52. The van der Waals surface area contributed by atoms with Gasteiger partial charge < -0.3 is 23.7 Å². The smallest absolute Gasteiger partial charge is 0.303 e. The lowest BCUT2D eigenvalue weighted by Gasteiger charge is -2.44. The summed E-state index contributed by atoms with van der Waals surface area (Å²) in [7, 11) is 0. The molecule has 0 radical (unpaired) electrons. The number of carbonyl (C=O) groups excluding carboxylic acids is 4. The molecule has 1 aliphatic heterocycles. The van der Waals surface area contributed by atoms with Crippen LogP contribution in [0.15, 0.2) is 46.9 Å². The molecule has 39 heavy (non-hydrogen) atoms. The van der Waals surface area contributed by atoms with Crippen molar-refractivity contribution in [2.75, 3.05) is 6.61 Å². The maximum Gasteiger partial charge on any atom is 0.303 e. The van der Waals surface area contributed by atoms with Gasteiger partial charge in [0, 0.05) is 32.2 Å². The first-order valence-corrected chi connectivity index (χ1v) is 13.4. The van der Waals surface area contributed by atoms with E-state index in [1.165, 1.54) is 33.3 Å². The number of carbonyl (C=O) groups is 4. The normalized spacial score (nSPS) is 22.5. The molecule has 0 spiro atoms. The van der Waals surface area contributed by atoms with Crippen LogP contribution in [0.5, 0.6) is 0 Å². The van der Waals surface area contributed by atoms with Gasteiger partial charge in [0.25, 0.3) is 0 Å². The standard InChI is InChI=1S/C29H33BrO9/c1-6-20-7-9-21(10-8-20)13-23-14-22(11-12-24(23)30)26-28(37-18(4)33)29(38-19(5)34)27(36-17(3)32)25(39-26)15-35-16(2)31/h7-12,14,25-29H,6,13,15H2,1-5H3/t25-,26+,27-,28+,29+/m1/s1. The molecule has 1 fully saturated rings. The van der Waals surface area contributed by atoms with E-state index in [4.69, 9.17) is 23.7 Å². The number of esters is 4. The average Bonchev–Trinajstić information content (AvgIpc) is 2.86. The number of ether oxygens (including phenoxy) is 5. The van der Waals surface area contributed by atoms with Gasteiger partial charge in [0.1, 0.15) is 18.8 Å². The Morgan fingerprint density at radius 2 is 1.33 bits per heavy atom. The highest BCUT2D eigenvalue weighted by atomic mass is 79.9. The molecule has 1 heterocycles. The Morgan fingerprint density at radius 1 is 0.769 bits per heavy atom. The molecular formula is C29H33BrO9. The fourth-order valence-corrected chi connectivity index (χ4v) is 4.90. The van der Waals surface area contributed by atoms with E-state index in [9.17, 15) is 19.2 Å². The fourth-order valence-electron chi connectivity index (χ4n) is 4.52. The van der Waals surface area contributed by atoms with Gasteiger partial charge >= 0.3 is 23.9 Å². The minimum atomic E-state index is -1.22. The summed E-state index contributed by atoms with van der Waals surface area (Å²) in [4.78, 5) is 47.8. The van der Waals surface area contributed by atoms with Gasteiger partial charge in [0.2, 0.25) is 0 Å². The van der Waals surface area contributed by atoms with E-state index in [2.05, 4.69) is 47.1 Å². The predicted octanol–water partition coefficient (Wildman–Crippen LogP) is 4.40. The number of rotatable bonds is 9. The number of hydrogen-bond donors (Lipinski definition) is 0. The molecule has 10 heteroatoms. The van der Waals surface area contributed by atoms with Crippen LogP contribution in [-0.4, -0.2) is 54.9 Å². The molecule has 3 rings (SSSR count). The van der Waals surface area contributed by atoms with Crippen LogP contribution in [0.2, 0.25) is 0 Å². The molecule has 2 aromatic carbocycles. The van der Waals surface area contributed by atoms with Crippen molar-refractivity contribution in [2.24, 2.45) is 0 Å². The van der Waals surface area contributed by atoms with Gasteiger partial charge in [-0.05, 0) is 41.2 Å². The van der Waals surface area contributed by atoms with Gasteiger partial charge in [0.05, 0.1) is 0 Å². The van der Waals surface area contributed by atoms with Crippen LogP contribution >= 0.6 is 15.9 Å². The molecule has 1 aliphatic rings. The number of hydrogen-bond acceptors (Lipinski definition) is 9. The van der Waals surface area contributed by atoms with Crippen molar-refractivity contribution in [3.05, 3.63) is 69.2 Å². The topological polar surface area (TPSA) is 114 Å². The summed E-state index contributed by atoms with van der Waals surface area (Å²) in [5, 5.41) is 0.